The molecule has 1 atom stereocenters. The fraction of sp³-hybridized carbons (Fsp3) is 0.462. The zero-order chi connectivity index (χ0) is 13.9. The molecule has 0 fully saturated rings. The van der Waals surface area contributed by atoms with Crippen molar-refractivity contribution in [3.05, 3.63) is 35.4 Å². The van der Waals surface area contributed by atoms with E-state index in [4.69, 9.17) is 4.74 Å². The summed E-state index contributed by atoms with van der Waals surface area (Å²) < 4.78 is 31.6. The highest BCUT2D eigenvalue weighted by Crippen LogP contribution is 2.36. The summed E-state index contributed by atoms with van der Waals surface area (Å²) in [7, 11) is 1.42. The first kappa shape index (κ1) is 14.4. The Morgan fingerprint density at radius 3 is 2.11 bits per heavy atom. The van der Waals surface area contributed by atoms with Gasteiger partial charge in [0.05, 0.1) is 0 Å². The maximum atomic E-state index is 13.2. The smallest absolute Gasteiger partial charge is 0.407 e. The molecule has 0 aliphatic rings. The fourth-order valence-electron chi connectivity index (χ4n) is 1.64. The van der Waals surface area contributed by atoms with Crippen molar-refractivity contribution in [3.63, 3.8) is 0 Å². The van der Waals surface area contributed by atoms with Gasteiger partial charge in [-0.25, -0.2) is 13.6 Å². The van der Waals surface area contributed by atoms with E-state index >= 15 is 0 Å². The highest BCUT2D eigenvalue weighted by molar-refractivity contribution is 5.67. The molecule has 0 aliphatic heterocycles. The molecular formula is C13H17F2NO2. The summed E-state index contributed by atoms with van der Waals surface area (Å²) in [5.41, 5.74) is -0.184. The van der Waals surface area contributed by atoms with E-state index in [1.54, 1.807) is 0 Å². The van der Waals surface area contributed by atoms with E-state index in [0.29, 0.717) is 5.56 Å². The first-order chi connectivity index (χ1) is 8.24. The van der Waals surface area contributed by atoms with Crippen LogP contribution in [-0.2, 0) is 4.74 Å². The number of rotatable bonds is 2. The van der Waals surface area contributed by atoms with Crippen LogP contribution in [0, 0.1) is 17.0 Å². The third-order valence-electron chi connectivity index (χ3n) is 2.40. The van der Waals surface area contributed by atoms with Gasteiger partial charge in [0.15, 0.2) is 0 Å². The van der Waals surface area contributed by atoms with Gasteiger partial charge in [-0.05, 0) is 17.7 Å². The van der Waals surface area contributed by atoms with Gasteiger partial charge >= 0.3 is 6.09 Å². The Labute approximate surface area is 105 Å². The Morgan fingerprint density at radius 2 is 1.72 bits per heavy atom. The van der Waals surface area contributed by atoms with Crippen LogP contribution >= 0.6 is 0 Å². The number of halogens is 2. The van der Waals surface area contributed by atoms with Gasteiger partial charge in [0, 0.05) is 18.5 Å². The van der Waals surface area contributed by atoms with Crippen molar-refractivity contribution in [2.45, 2.75) is 26.9 Å². The van der Waals surface area contributed by atoms with E-state index in [2.05, 4.69) is 5.32 Å². The molecule has 1 rings (SSSR count). The van der Waals surface area contributed by atoms with Crippen LogP contribution in [0.15, 0.2) is 18.2 Å². The molecule has 0 saturated heterocycles. The maximum Gasteiger partial charge on any atom is 0.407 e. The van der Waals surface area contributed by atoms with E-state index in [-0.39, 0.29) is 0 Å². The quantitative estimate of drug-likeness (QED) is 0.881. The third kappa shape index (κ3) is 3.68. The Bertz CT molecular complexity index is 421. The Balaban J connectivity index is 3.13. The van der Waals surface area contributed by atoms with Gasteiger partial charge in [0.2, 0.25) is 0 Å². The van der Waals surface area contributed by atoms with Crippen molar-refractivity contribution in [1.29, 1.82) is 0 Å². The molecule has 1 amide bonds. The minimum atomic E-state index is -0.734. The molecule has 0 saturated carbocycles. The van der Waals surface area contributed by atoms with Gasteiger partial charge < -0.3 is 10.1 Å². The van der Waals surface area contributed by atoms with Crippen LogP contribution in [-0.4, -0.2) is 13.1 Å². The highest BCUT2D eigenvalue weighted by Gasteiger charge is 2.30. The molecule has 0 spiro atoms. The van der Waals surface area contributed by atoms with Crippen LogP contribution in [0.3, 0.4) is 0 Å². The first-order valence-corrected chi connectivity index (χ1v) is 5.58. The van der Waals surface area contributed by atoms with Gasteiger partial charge in [0.1, 0.15) is 17.7 Å². The molecule has 1 unspecified atom stereocenters. The van der Waals surface area contributed by atoms with E-state index < -0.39 is 29.2 Å². The summed E-state index contributed by atoms with van der Waals surface area (Å²) in [6.45, 7) is 5.47. The monoisotopic (exact) mass is 257 g/mol. The molecule has 5 heteroatoms. The zero-order valence-corrected chi connectivity index (χ0v) is 10.9. The molecule has 0 aromatic heterocycles. The second kappa shape index (κ2) is 5.33. The molecular weight excluding hydrogens is 240 g/mol. The molecule has 0 heterocycles. The number of carbonyl (C=O) groups excluding carboxylic acids is 1. The molecule has 0 aliphatic carbocycles. The first-order valence-electron chi connectivity index (χ1n) is 5.58. The van der Waals surface area contributed by atoms with Crippen LogP contribution in [0.5, 0.6) is 0 Å². The van der Waals surface area contributed by atoms with Crippen LogP contribution in [0.2, 0.25) is 0 Å². The standard InChI is InChI=1S/C13H17F2NO2/c1-13(2,3)11(18-12(17)16-4)8-5-9(14)7-10(15)6-8/h5-7,11H,1-4H3,(H,16,17). The predicted molar refractivity (Wildman–Crippen MR) is 64.1 cm³/mol. The number of ether oxygens (including phenoxy) is 1. The lowest BCUT2D eigenvalue weighted by Gasteiger charge is -2.30. The minimum Gasteiger partial charge on any atom is -0.441 e. The molecule has 18 heavy (non-hydrogen) atoms. The Kier molecular flexibility index (Phi) is 4.27. The molecule has 0 bridgehead atoms. The highest BCUT2D eigenvalue weighted by atomic mass is 19.1. The Morgan fingerprint density at radius 1 is 1.22 bits per heavy atom. The van der Waals surface area contributed by atoms with Crippen LogP contribution in [0.1, 0.15) is 32.4 Å². The van der Waals surface area contributed by atoms with E-state index in [1.165, 1.54) is 19.2 Å². The second-order valence-electron chi connectivity index (χ2n) is 5.10. The average molecular weight is 257 g/mol. The molecule has 3 nitrogen and oxygen atoms in total. The van der Waals surface area contributed by atoms with Crippen molar-refractivity contribution >= 4 is 6.09 Å². The number of hydrogen-bond acceptors (Lipinski definition) is 2. The molecule has 100 valence electrons. The summed E-state index contributed by atoms with van der Waals surface area (Å²) in [6.07, 6.45) is -1.37. The van der Waals surface area contributed by atoms with Gasteiger partial charge in [-0.3, -0.25) is 0 Å². The normalized spacial score (nSPS) is 13.0. The molecule has 0 radical (unpaired) electrons. The van der Waals surface area contributed by atoms with E-state index in [0.717, 1.165) is 6.07 Å². The number of benzene rings is 1. The van der Waals surface area contributed by atoms with Crippen LogP contribution in [0.4, 0.5) is 13.6 Å². The van der Waals surface area contributed by atoms with Gasteiger partial charge in [-0.1, -0.05) is 20.8 Å². The zero-order valence-electron chi connectivity index (χ0n) is 10.9. The maximum absolute atomic E-state index is 13.2. The van der Waals surface area contributed by atoms with Crippen molar-refractivity contribution in [1.82, 2.24) is 5.32 Å². The number of alkyl carbamates (subject to hydrolysis) is 1. The summed E-state index contributed by atoms with van der Waals surface area (Å²) in [5.74, 6) is -1.39. The largest absolute Gasteiger partial charge is 0.441 e. The molecule has 1 aromatic carbocycles. The van der Waals surface area contributed by atoms with Crippen LogP contribution < -0.4 is 5.32 Å². The minimum absolute atomic E-state index is 0.295. The number of hydrogen-bond donors (Lipinski definition) is 1. The summed E-state index contributed by atoms with van der Waals surface area (Å²) >= 11 is 0. The van der Waals surface area contributed by atoms with Crippen molar-refractivity contribution < 1.29 is 18.3 Å². The molecule has 1 N–H and O–H groups in total. The topological polar surface area (TPSA) is 38.3 Å². The third-order valence-corrected chi connectivity index (χ3v) is 2.40. The summed E-state index contributed by atoms with van der Waals surface area (Å²) in [5, 5.41) is 2.32. The SMILES string of the molecule is CNC(=O)OC(c1cc(F)cc(F)c1)C(C)(C)C. The van der Waals surface area contributed by atoms with Gasteiger partial charge in [-0.15, -0.1) is 0 Å². The average Bonchev–Trinajstić information content (AvgIpc) is 2.22. The van der Waals surface area contributed by atoms with Crippen LogP contribution in [0.25, 0.3) is 0 Å². The van der Waals surface area contributed by atoms with E-state index in [9.17, 15) is 13.6 Å². The predicted octanol–water partition coefficient (Wildman–Crippen LogP) is 3.41. The summed E-state index contributed by atoms with van der Waals surface area (Å²) in [4.78, 5) is 11.3. The number of nitrogens with one attached hydrogen (secondary N) is 1. The number of amides is 1. The van der Waals surface area contributed by atoms with Crippen molar-refractivity contribution in [3.8, 4) is 0 Å². The van der Waals surface area contributed by atoms with Gasteiger partial charge in [-0.2, -0.15) is 0 Å². The fourth-order valence-corrected chi connectivity index (χ4v) is 1.64. The van der Waals surface area contributed by atoms with Crippen molar-refractivity contribution in [2.75, 3.05) is 7.05 Å². The lowest BCUT2D eigenvalue weighted by molar-refractivity contribution is 0.0310. The Hall–Kier alpha value is -1.65. The van der Waals surface area contributed by atoms with Crippen molar-refractivity contribution in [2.24, 2.45) is 5.41 Å². The summed E-state index contributed by atoms with van der Waals surface area (Å²) in [6, 6.07) is 3.12. The lowest BCUT2D eigenvalue weighted by atomic mass is 9.84. The van der Waals surface area contributed by atoms with E-state index in [1.807, 2.05) is 20.8 Å². The molecule has 1 aromatic rings. The second-order valence-corrected chi connectivity index (χ2v) is 5.10. The lowest BCUT2D eigenvalue weighted by Crippen LogP contribution is -2.29. The number of carbonyl (C=O) groups is 1. The van der Waals surface area contributed by atoms with Gasteiger partial charge in [0.25, 0.3) is 0 Å².